The molecule has 0 bridgehead atoms. The topological polar surface area (TPSA) is 67.8 Å². The van der Waals surface area contributed by atoms with E-state index in [1.54, 1.807) is 6.20 Å². The van der Waals surface area contributed by atoms with Gasteiger partial charge >= 0.3 is 0 Å². The number of aromatic nitrogens is 3. The minimum atomic E-state index is -0.445. The van der Waals surface area contributed by atoms with Gasteiger partial charge in [0.2, 0.25) is 0 Å². The lowest BCUT2D eigenvalue weighted by Gasteiger charge is -2.08. The van der Waals surface area contributed by atoms with Crippen LogP contribution in [0, 0.1) is 6.92 Å². The van der Waals surface area contributed by atoms with Crippen LogP contribution >= 0.6 is 39.1 Å². The molecule has 2 aromatic heterocycles. The molecule has 0 saturated heterocycles. The normalized spacial score (nSPS) is 10.3. The molecule has 0 aliphatic carbocycles. The maximum Gasteiger partial charge on any atom is 0.260 e. The van der Waals surface area contributed by atoms with E-state index in [4.69, 9.17) is 23.2 Å². The van der Waals surface area contributed by atoms with Gasteiger partial charge in [0, 0.05) is 10.7 Å². The van der Waals surface area contributed by atoms with Crippen LogP contribution in [0.5, 0.6) is 0 Å². The molecule has 2 rings (SSSR count). The fraction of sp³-hybridized carbons (Fsp3) is 0.0909. The van der Waals surface area contributed by atoms with E-state index in [0.717, 1.165) is 10.0 Å². The molecule has 19 heavy (non-hydrogen) atoms. The molecule has 0 aromatic carbocycles. The van der Waals surface area contributed by atoms with Crippen molar-refractivity contribution in [1.82, 2.24) is 15.2 Å². The van der Waals surface area contributed by atoms with Crippen LogP contribution in [-0.4, -0.2) is 21.1 Å². The molecule has 8 heteroatoms. The number of anilines is 1. The molecular formula is C11H7BrCl2N4O. The number of amides is 1. The summed E-state index contributed by atoms with van der Waals surface area (Å²) in [5.41, 5.74) is 0.956. The summed E-state index contributed by atoms with van der Waals surface area (Å²) in [4.78, 5) is 16.2. The molecule has 0 fully saturated rings. The summed E-state index contributed by atoms with van der Waals surface area (Å²) in [6, 6.07) is 3.18. The van der Waals surface area contributed by atoms with Gasteiger partial charge in [-0.25, -0.2) is 4.98 Å². The molecule has 0 aliphatic heterocycles. The van der Waals surface area contributed by atoms with Crippen molar-refractivity contribution >= 4 is 50.9 Å². The van der Waals surface area contributed by atoms with Gasteiger partial charge in [-0.3, -0.25) is 4.79 Å². The fourth-order valence-corrected chi connectivity index (χ4v) is 2.13. The average Bonchev–Trinajstić information content (AvgIpc) is 2.35. The fourth-order valence-electron chi connectivity index (χ4n) is 1.36. The predicted molar refractivity (Wildman–Crippen MR) is 76.7 cm³/mol. The van der Waals surface area contributed by atoms with Gasteiger partial charge < -0.3 is 5.32 Å². The number of halogens is 3. The Balaban J connectivity index is 2.28. The van der Waals surface area contributed by atoms with Gasteiger partial charge in [0.1, 0.15) is 5.82 Å². The smallest absolute Gasteiger partial charge is 0.260 e. The van der Waals surface area contributed by atoms with Crippen molar-refractivity contribution in [3.8, 4) is 0 Å². The Morgan fingerprint density at radius 2 is 2.05 bits per heavy atom. The van der Waals surface area contributed by atoms with Gasteiger partial charge in [0.05, 0.1) is 5.56 Å². The lowest BCUT2D eigenvalue weighted by Crippen LogP contribution is -2.15. The van der Waals surface area contributed by atoms with Crippen molar-refractivity contribution in [2.75, 3.05) is 5.32 Å². The average molecular weight is 362 g/mol. The molecule has 1 N–H and O–H groups in total. The van der Waals surface area contributed by atoms with Crippen LogP contribution in [0.2, 0.25) is 10.3 Å². The van der Waals surface area contributed by atoms with Crippen LogP contribution in [0.1, 0.15) is 15.9 Å². The number of hydrogen-bond donors (Lipinski definition) is 1. The SMILES string of the molecule is Cc1cc(Br)cnc1NC(=O)c1cc(Cl)nnc1Cl. The molecular weight excluding hydrogens is 355 g/mol. The zero-order valence-electron chi connectivity index (χ0n) is 9.62. The Labute approximate surface area is 127 Å². The van der Waals surface area contributed by atoms with Gasteiger partial charge in [-0.15, -0.1) is 10.2 Å². The number of carbonyl (C=O) groups is 1. The number of pyridine rings is 1. The first-order valence-electron chi connectivity index (χ1n) is 5.09. The first-order chi connectivity index (χ1) is 8.97. The number of hydrogen-bond acceptors (Lipinski definition) is 4. The van der Waals surface area contributed by atoms with E-state index in [9.17, 15) is 4.79 Å². The number of carbonyl (C=O) groups excluding carboxylic acids is 1. The molecule has 98 valence electrons. The Kier molecular flexibility index (Phi) is 4.34. The van der Waals surface area contributed by atoms with E-state index in [0.29, 0.717) is 5.82 Å². The van der Waals surface area contributed by atoms with Crippen molar-refractivity contribution in [3.63, 3.8) is 0 Å². The van der Waals surface area contributed by atoms with E-state index >= 15 is 0 Å². The van der Waals surface area contributed by atoms with E-state index in [1.165, 1.54) is 6.07 Å². The van der Waals surface area contributed by atoms with Crippen molar-refractivity contribution < 1.29 is 4.79 Å². The zero-order chi connectivity index (χ0) is 14.0. The van der Waals surface area contributed by atoms with Crippen LogP contribution in [0.25, 0.3) is 0 Å². The Bertz CT molecular complexity index is 651. The molecule has 1 amide bonds. The number of rotatable bonds is 2. The third-order valence-electron chi connectivity index (χ3n) is 2.24. The Morgan fingerprint density at radius 1 is 1.32 bits per heavy atom. The van der Waals surface area contributed by atoms with Crippen molar-refractivity contribution in [2.24, 2.45) is 0 Å². The third kappa shape index (κ3) is 3.40. The van der Waals surface area contributed by atoms with Gasteiger partial charge in [0.15, 0.2) is 10.3 Å². The summed E-state index contributed by atoms with van der Waals surface area (Å²) in [5.74, 6) is -0.00285. The Morgan fingerprint density at radius 3 is 2.74 bits per heavy atom. The van der Waals surface area contributed by atoms with Crippen LogP contribution in [0.3, 0.4) is 0 Å². The molecule has 0 spiro atoms. The number of aryl methyl sites for hydroxylation is 1. The van der Waals surface area contributed by atoms with Crippen molar-refractivity contribution in [2.45, 2.75) is 6.92 Å². The minimum Gasteiger partial charge on any atom is -0.306 e. The highest BCUT2D eigenvalue weighted by molar-refractivity contribution is 9.10. The maximum absolute atomic E-state index is 12.1. The lowest BCUT2D eigenvalue weighted by atomic mass is 10.2. The van der Waals surface area contributed by atoms with Crippen LogP contribution < -0.4 is 5.32 Å². The minimum absolute atomic E-state index is 0.0170. The van der Waals surface area contributed by atoms with Crippen LogP contribution in [0.15, 0.2) is 22.8 Å². The highest BCUT2D eigenvalue weighted by Crippen LogP contribution is 2.20. The molecule has 0 unspecified atom stereocenters. The molecule has 2 heterocycles. The van der Waals surface area contributed by atoms with Gasteiger partial charge in [-0.2, -0.15) is 0 Å². The second kappa shape index (κ2) is 5.81. The first kappa shape index (κ1) is 14.2. The second-order valence-electron chi connectivity index (χ2n) is 3.64. The first-order valence-corrected chi connectivity index (χ1v) is 6.64. The molecule has 2 aromatic rings. The zero-order valence-corrected chi connectivity index (χ0v) is 12.7. The molecule has 0 radical (unpaired) electrons. The Hall–Kier alpha value is -1.24. The van der Waals surface area contributed by atoms with Gasteiger partial charge in [-0.05, 0) is 40.5 Å². The van der Waals surface area contributed by atoms with E-state index in [2.05, 4.69) is 36.4 Å². The van der Waals surface area contributed by atoms with Gasteiger partial charge in [0.25, 0.3) is 5.91 Å². The largest absolute Gasteiger partial charge is 0.306 e. The highest BCUT2D eigenvalue weighted by Gasteiger charge is 2.14. The molecule has 0 saturated carbocycles. The summed E-state index contributed by atoms with van der Waals surface area (Å²) in [6.45, 7) is 1.83. The molecule has 0 aliphatic rings. The number of nitrogens with one attached hydrogen (secondary N) is 1. The number of nitrogens with zero attached hydrogens (tertiary/aromatic N) is 3. The summed E-state index contributed by atoms with van der Waals surface area (Å²) < 4.78 is 0.828. The molecule has 0 atom stereocenters. The second-order valence-corrected chi connectivity index (χ2v) is 5.31. The monoisotopic (exact) mass is 360 g/mol. The summed E-state index contributed by atoms with van der Waals surface area (Å²) in [6.07, 6.45) is 1.59. The van der Waals surface area contributed by atoms with E-state index in [-0.39, 0.29) is 15.9 Å². The maximum atomic E-state index is 12.1. The van der Waals surface area contributed by atoms with Crippen molar-refractivity contribution in [1.29, 1.82) is 0 Å². The molecule has 5 nitrogen and oxygen atoms in total. The highest BCUT2D eigenvalue weighted by atomic mass is 79.9. The van der Waals surface area contributed by atoms with Crippen LogP contribution in [0.4, 0.5) is 5.82 Å². The van der Waals surface area contributed by atoms with Crippen molar-refractivity contribution in [3.05, 3.63) is 44.2 Å². The summed E-state index contributed by atoms with van der Waals surface area (Å²) in [5, 5.41) is 9.83. The third-order valence-corrected chi connectivity index (χ3v) is 3.14. The van der Waals surface area contributed by atoms with E-state index in [1.807, 2.05) is 13.0 Å². The summed E-state index contributed by atoms with van der Waals surface area (Å²) in [7, 11) is 0. The van der Waals surface area contributed by atoms with Crippen LogP contribution in [-0.2, 0) is 0 Å². The summed E-state index contributed by atoms with van der Waals surface area (Å²) >= 11 is 14.8. The quantitative estimate of drug-likeness (QED) is 0.888. The van der Waals surface area contributed by atoms with E-state index < -0.39 is 5.91 Å². The standard InChI is InChI=1S/C11H7BrCl2N4O/c1-5-2-6(12)4-15-10(5)16-11(19)7-3-8(13)17-18-9(7)14/h2-4H,1H3,(H,15,16,19). The lowest BCUT2D eigenvalue weighted by molar-refractivity contribution is 0.102. The van der Waals surface area contributed by atoms with Gasteiger partial charge in [-0.1, -0.05) is 23.2 Å². The predicted octanol–water partition coefficient (Wildman–Crippen LogP) is 3.50.